The Morgan fingerprint density at radius 2 is 2.11 bits per heavy atom. The molecule has 2 aromatic heterocycles. The van der Waals surface area contributed by atoms with E-state index in [-0.39, 0.29) is 12.5 Å². The van der Waals surface area contributed by atoms with E-state index in [1.54, 1.807) is 0 Å². The molecule has 0 radical (unpaired) electrons. The van der Waals surface area contributed by atoms with Crippen molar-refractivity contribution in [3.05, 3.63) is 16.8 Å². The third-order valence-electron chi connectivity index (χ3n) is 4.60. The lowest BCUT2D eigenvalue weighted by Crippen LogP contribution is -2.37. The molecule has 0 bridgehead atoms. The van der Waals surface area contributed by atoms with Crippen molar-refractivity contribution < 1.29 is 19.1 Å². The van der Waals surface area contributed by atoms with E-state index in [1.807, 2.05) is 6.92 Å². The maximum atomic E-state index is 12.4. The SMILES string of the molecule is COC(=O)CNC(=O)c1sc2ncnc(NCCCN3CCOCC3)c2c1C. The number of nitrogens with one attached hydrogen (secondary N) is 2. The van der Waals surface area contributed by atoms with Crippen molar-refractivity contribution >= 4 is 39.2 Å². The number of hydrogen-bond acceptors (Lipinski definition) is 9. The number of hydrogen-bond donors (Lipinski definition) is 2. The third-order valence-corrected chi connectivity index (χ3v) is 5.80. The maximum absolute atomic E-state index is 12.4. The van der Waals surface area contributed by atoms with E-state index in [2.05, 4.69) is 30.2 Å². The minimum absolute atomic E-state index is 0.165. The van der Waals surface area contributed by atoms with E-state index >= 15 is 0 Å². The minimum atomic E-state index is -0.491. The van der Waals surface area contributed by atoms with Gasteiger partial charge in [0.25, 0.3) is 5.91 Å². The Hall–Kier alpha value is -2.30. The molecule has 2 aromatic rings. The van der Waals surface area contributed by atoms with Gasteiger partial charge in [-0.25, -0.2) is 9.97 Å². The highest BCUT2D eigenvalue weighted by atomic mass is 32.1. The van der Waals surface area contributed by atoms with E-state index in [9.17, 15) is 9.59 Å². The molecule has 3 heterocycles. The van der Waals surface area contributed by atoms with Crippen LogP contribution in [0.15, 0.2) is 6.33 Å². The van der Waals surface area contributed by atoms with Crippen LogP contribution < -0.4 is 10.6 Å². The summed E-state index contributed by atoms with van der Waals surface area (Å²) >= 11 is 1.29. The van der Waals surface area contributed by atoms with Gasteiger partial charge in [-0.15, -0.1) is 11.3 Å². The standard InChI is InChI=1S/C18H25N5O4S/c1-12-14-16(19-4-3-5-23-6-8-27-9-7-23)21-11-22-18(14)28-15(12)17(25)20-10-13(24)26-2/h11H,3-10H2,1-2H3,(H,20,25)(H,19,21,22). The van der Waals surface area contributed by atoms with Crippen LogP contribution in [-0.4, -0.2) is 79.8 Å². The van der Waals surface area contributed by atoms with Crippen molar-refractivity contribution in [2.45, 2.75) is 13.3 Å². The second-order valence-corrected chi connectivity index (χ2v) is 7.45. The van der Waals surface area contributed by atoms with Crippen molar-refractivity contribution in [2.75, 3.05) is 58.4 Å². The largest absolute Gasteiger partial charge is 0.468 e. The average molecular weight is 407 g/mol. The number of anilines is 1. The first kappa shape index (κ1) is 20.4. The molecular weight excluding hydrogens is 382 g/mol. The zero-order valence-electron chi connectivity index (χ0n) is 16.1. The fourth-order valence-corrected chi connectivity index (χ4v) is 4.13. The summed E-state index contributed by atoms with van der Waals surface area (Å²) in [5.41, 5.74) is 0.804. The number of carbonyl (C=O) groups excluding carboxylic acids is 2. The van der Waals surface area contributed by atoms with Gasteiger partial charge in [-0.1, -0.05) is 0 Å². The topological polar surface area (TPSA) is 106 Å². The van der Waals surface area contributed by atoms with Gasteiger partial charge in [-0.3, -0.25) is 14.5 Å². The highest BCUT2D eigenvalue weighted by Crippen LogP contribution is 2.33. The molecule has 1 amide bonds. The lowest BCUT2D eigenvalue weighted by Gasteiger charge is -2.26. The van der Waals surface area contributed by atoms with Gasteiger partial charge in [0.1, 0.15) is 23.5 Å². The van der Waals surface area contributed by atoms with Crippen LogP contribution in [0.2, 0.25) is 0 Å². The predicted molar refractivity (Wildman–Crippen MR) is 107 cm³/mol. The van der Waals surface area contributed by atoms with E-state index in [1.165, 1.54) is 24.8 Å². The Bertz CT molecular complexity index is 835. The van der Waals surface area contributed by atoms with Gasteiger partial charge in [0.15, 0.2) is 0 Å². The van der Waals surface area contributed by atoms with Crippen molar-refractivity contribution in [1.29, 1.82) is 0 Å². The Balaban J connectivity index is 1.63. The second-order valence-electron chi connectivity index (χ2n) is 6.45. The lowest BCUT2D eigenvalue weighted by atomic mass is 10.2. The molecule has 10 heteroatoms. The predicted octanol–water partition coefficient (Wildman–Crippen LogP) is 1.04. The van der Waals surface area contributed by atoms with E-state index in [0.717, 1.165) is 67.4 Å². The van der Waals surface area contributed by atoms with Gasteiger partial charge in [0.2, 0.25) is 0 Å². The number of methoxy groups -OCH3 is 1. The minimum Gasteiger partial charge on any atom is -0.468 e. The summed E-state index contributed by atoms with van der Waals surface area (Å²) in [5, 5.41) is 6.79. The molecule has 0 aromatic carbocycles. The Morgan fingerprint density at radius 1 is 1.32 bits per heavy atom. The molecule has 1 saturated heterocycles. The third kappa shape index (κ3) is 4.94. The number of thiophene rings is 1. The number of nitrogens with zero attached hydrogens (tertiary/aromatic N) is 3. The van der Waals surface area contributed by atoms with Crippen LogP contribution >= 0.6 is 11.3 Å². The van der Waals surface area contributed by atoms with Crippen molar-refractivity contribution in [3.63, 3.8) is 0 Å². The molecule has 1 aliphatic heterocycles. The van der Waals surface area contributed by atoms with Crippen molar-refractivity contribution in [1.82, 2.24) is 20.2 Å². The Labute approximate surface area is 167 Å². The molecule has 1 aliphatic rings. The first-order chi connectivity index (χ1) is 13.6. The molecule has 28 heavy (non-hydrogen) atoms. The zero-order chi connectivity index (χ0) is 19.9. The summed E-state index contributed by atoms with van der Waals surface area (Å²) in [7, 11) is 1.28. The fourth-order valence-electron chi connectivity index (χ4n) is 3.06. The number of rotatable bonds is 8. The van der Waals surface area contributed by atoms with Crippen LogP contribution in [0.25, 0.3) is 10.2 Å². The molecule has 3 rings (SSSR count). The van der Waals surface area contributed by atoms with Gasteiger partial charge < -0.3 is 20.1 Å². The number of ether oxygens (including phenoxy) is 2. The van der Waals surface area contributed by atoms with Crippen LogP contribution in [0.4, 0.5) is 5.82 Å². The Morgan fingerprint density at radius 3 is 2.86 bits per heavy atom. The first-order valence-electron chi connectivity index (χ1n) is 9.23. The highest BCUT2D eigenvalue weighted by Gasteiger charge is 2.20. The summed E-state index contributed by atoms with van der Waals surface area (Å²) in [6, 6.07) is 0. The number of morpholine rings is 1. The van der Waals surface area contributed by atoms with E-state index in [0.29, 0.717) is 4.88 Å². The number of amides is 1. The molecule has 1 fully saturated rings. The number of fused-ring (bicyclic) bond motifs is 1. The first-order valence-corrected chi connectivity index (χ1v) is 10.0. The summed E-state index contributed by atoms with van der Waals surface area (Å²) in [5.74, 6) is -0.0774. The summed E-state index contributed by atoms with van der Waals surface area (Å²) < 4.78 is 9.91. The fraction of sp³-hybridized carbons (Fsp3) is 0.556. The van der Waals surface area contributed by atoms with Crippen molar-refractivity contribution in [2.24, 2.45) is 0 Å². The maximum Gasteiger partial charge on any atom is 0.325 e. The van der Waals surface area contributed by atoms with Gasteiger partial charge in [0.05, 0.1) is 30.6 Å². The molecule has 9 nitrogen and oxygen atoms in total. The van der Waals surface area contributed by atoms with Crippen molar-refractivity contribution in [3.8, 4) is 0 Å². The number of aryl methyl sites for hydroxylation is 1. The van der Waals surface area contributed by atoms with Crippen LogP contribution in [-0.2, 0) is 14.3 Å². The van der Waals surface area contributed by atoms with Crippen LogP contribution in [0.5, 0.6) is 0 Å². The molecule has 0 unspecified atom stereocenters. The zero-order valence-corrected chi connectivity index (χ0v) is 16.9. The Kier molecular flexibility index (Phi) is 7.12. The van der Waals surface area contributed by atoms with Crippen LogP contribution in [0.3, 0.4) is 0 Å². The van der Waals surface area contributed by atoms with Crippen LogP contribution in [0.1, 0.15) is 21.7 Å². The van der Waals surface area contributed by atoms with Gasteiger partial charge in [-0.2, -0.15) is 0 Å². The number of carbonyl (C=O) groups is 2. The van der Waals surface area contributed by atoms with E-state index < -0.39 is 5.97 Å². The quantitative estimate of drug-likeness (QED) is 0.494. The smallest absolute Gasteiger partial charge is 0.325 e. The molecule has 0 spiro atoms. The molecule has 0 aliphatic carbocycles. The molecular formula is C18H25N5O4S. The van der Waals surface area contributed by atoms with Gasteiger partial charge in [-0.05, 0) is 25.5 Å². The number of esters is 1. The summed E-state index contributed by atoms with van der Waals surface area (Å²) in [6.07, 6.45) is 2.49. The molecule has 0 saturated carbocycles. The van der Waals surface area contributed by atoms with E-state index in [4.69, 9.17) is 4.74 Å². The second kappa shape index (κ2) is 9.76. The van der Waals surface area contributed by atoms with Crippen LogP contribution in [0, 0.1) is 6.92 Å². The molecule has 2 N–H and O–H groups in total. The molecule has 0 atom stereocenters. The van der Waals surface area contributed by atoms with Gasteiger partial charge >= 0.3 is 5.97 Å². The highest BCUT2D eigenvalue weighted by molar-refractivity contribution is 7.20. The van der Waals surface area contributed by atoms with Gasteiger partial charge in [0, 0.05) is 19.6 Å². The monoisotopic (exact) mass is 407 g/mol. The summed E-state index contributed by atoms with van der Waals surface area (Å²) in [6.45, 7) is 7.05. The number of aromatic nitrogens is 2. The lowest BCUT2D eigenvalue weighted by molar-refractivity contribution is -0.139. The average Bonchev–Trinajstić information content (AvgIpc) is 3.07. The summed E-state index contributed by atoms with van der Waals surface area (Å²) in [4.78, 5) is 36.0. The normalized spacial score (nSPS) is 14.8. The molecule has 152 valence electrons.